The van der Waals surface area contributed by atoms with E-state index in [0.29, 0.717) is 0 Å². The molecule has 0 aliphatic rings. The number of ketones is 2. The molecule has 0 amide bonds. The molecule has 1 aromatic rings. The van der Waals surface area contributed by atoms with E-state index in [9.17, 15) is 9.59 Å². The Bertz CT molecular complexity index is 377. The van der Waals surface area contributed by atoms with Crippen molar-refractivity contribution in [2.75, 3.05) is 5.32 Å². The molecule has 1 N–H and O–H groups in total. The summed E-state index contributed by atoms with van der Waals surface area (Å²) in [4.78, 5) is 22.1. The van der Waals surface area contributed by atoms with Gasteiger partial charge in [0.05, 0.1) is 5.57 Å². The summed E-state index contributed by atoms with van der Waals surface area (Å²) in [6, 6.07) is 10.0. The molecule has 77 valence electrons. The molecular weight excluding hydrogens is 190 g/mol. The molecule has 0 aliphatic carbocycles. The SMILES string of the molecule is CC(=O)C(=CNc1c[c]ccc1)C(C)=O. The zero-order valence-electron chi connectivity index (χ0n) is 8.70. The molecule has 0 fully saturated rings. The van der Waals surface area contributed by atoms with Gasteiger partial charge in [-0.2, -0.15) is 0 Å². The van der Waals surface area contributed by atoms with Crippen LogP contribution in [0.5, 0.6) is 0 Å². The maximum absolute atomic E-state index is 11.1. The van der Waals surface area contributed by atoms with Gasteiger partial charge in [0, 0.05) is 11.9 Å². The maximum atomic E-state index is 11.1. The van der Waals surface area contributed by atoms with Crippen LogP contribution < -0.4 is 5.32 Å². The average molecular weight is 202 g/mol. The lowest BCUT2D eigenvalue weighted by Crippen LogP contribution is -2.08. The number of hydrogen-bond donors (Lipinski definition) is 1. The fourth-order valence-corrected chi connectivity index (χ4v) is 1.09. The summed E-state index contributed by atoms with van der Waals surface area (Å²) < 4.78 is 0. The Kier molecular flexibility index (Phi) is 3.80. The minimum Gasteiger partial charge on any atom is -0.361 e. The molecule has 1 radical (unpaired) electrons. The predicted molar refractivity (Wildman–Crippen MR) is 58.3 cm³/mol. The monoisotopic (exact) mass is 202 g/mol. The third-order valence-corrected chi connectivity index (χ3v) is 1.85. The molecule has 0 saturated heterocycles. The highest BCUT2D eigenvalue weighted by atomic mass is 16.1. The molecule has 15 heavy (non-hydrogen) atoms. The van der Waals surface area contributed by atoms with Crippen molar-refractivity contribution >= 4 is 17.3 Å². The number of hydrogen-bond acceptors (Lipinski definition) is 3. The first-order valence-electron chi connectivity index (χ1n) is 4.56. The first-order valence-corrected chi connectivity index (χ1v) is 4.56. The number of allylic oxidation sites excluding steroid dienone is 1. The lowest BCUT2D eigenvalue weighted by molar-refractivity contribution is -0.119. The summed E-state index contributed by atoms with van der Waals surface area (Å²) in [6.45, 7) is 2.73. The molecular formula is C12H12NO2. The third-order valence-electron chi connectivity index (χ3n) is 1.85. The van der Waals surface area contributed by atoms with E-state index in [1.165, 1.54) is 20.0 Å². The number of nitrogens with one attached hydrogen (secondary N) is 1. The maximum Gasteiger partial charge on any atom is 0.164 e. The van der Waals surface area contributed by atoms with Gasteiger partial charge < -0.3 is 5.32 Å². The molecule has 3 nitrogen and oxygen atoms in total. The molecule has 0 bridgehead atoms. The summed E-state index contributed by atoms with van der Waals surface area (Å²) in [7, 11) is 0. The Balaban J connectivity index is 2.79. The van der Waals surface area contributed by atoms with E-state index in [4.69, 9.17) is 0 Å². The van der Waals surface area contributed by atoms with E-state index >= 15 is 0 Å². The van der Waals surface area contributed by atoms with Gasteiger partial charge >= 0.3 is 0 Å². The first kappa shape index (κ1) is 11.2. The number of carbonyl (C=O) groups is 2. The zero-order valence-corrected chi connectivity index (χ0v) is 8.70. The fraction of sp³-hybridized carbons (Fsp3) is 0.167. The minimum atomic E-state index is -0.241. The number of rotatable bonds is 4. The van der Waals surface area contributed by atoms with Gasteiger partial charge in [-0.15, -0.1) is 0 Å². The molecule has 0 heterocycles. The highest BCUT2D eigenvalue weighted by molar-refractivity contribution is 6.18. The summed E-state index contributed by atoms with van der Waals surface area (Å²) in [5.41, 5.74) is 0.955. The number of Topliss-reactive ketones (excluding diaryl/α,β-unsaturated/α-hetero) is 2. The molecule has 0 atom stereocenters. The van der Waals surface area contributed by atoms with Crippen molar-refractivity contribution in [1.82, 2.24) is 0 Å². The van der Waals surface area contributed by atoms with E-state index in [1.807, 2.05) is 12.1 Å². The highest BCUT2D eigenvalue weighted by Crippen LogP contribution is 2.06. The molecule has 3 heteroatoms. The van der Waals surface area contributed by atoms with E-state index in [-0.39, 0.29) is 17.1 Å². The lowest BCUT2D eigenvalue weighted by atomic mass is 10.1. The van der Waals surface area contributed by atoms with E-state index in [1.54, 1.807) is 12.1 Å². The van der Waals surface area contributed by atoms with Gasteiger partial charge in [-0.3, -0.25) is 9.59 Å². The summed E-state index contributed by atoms with van der Waals surface area (Å²) >= 11 is 0. The minimum absolute atomic E-state index is 0.166. The van der Waals surface area contributed by atoms with Crippen LogP contribution in [0, 0.1) is 6.07 Å². The van der Waals surface area contributed by atoms with E-state index in [0.717, 1.165) is 5.69 Å². The summed E-state index contributed by atoms with van der Waals surface area (Å²) in [5, 5.41) is 2.87. The van der Waals surface area contributed by atoms with Gasteiger partial charge in [0.25, 0.3) is 0 Å². The Morgan fingerprint density at radius 2 is 2.00 bits per heavy atom. The van der Waals surface area contributed by atoms with Gasteiger partial charge in [0.1, 0.15) is 0 Å². The van der Waals surface area contributed by atoms with Crippen molar-refractivity contribution in [1.29, 1.82) is 0 Å². The molecule has 1 aromatic carbocycles. The van der Waals surface area contributed by atoms with Crippen LogP contribution in [0.25, 0.3) is 0 Å². The normalized spacial score (nSPS) is 9.20. The van der Waals surface area contributed by atoms with Gasteiger partial charge in [0.2, 0.25) is 0 Å². The van der Waals surface area contributed by atoms with Crippen molar-refractivity contribution in [2.24, 2.45) is 0 Å². The van der Waals surface area contributed by atoms with Gasteiger partial charge in [-0.05, 0) is 32.0 Å². The standard InChI is InChI=1S/C12H12NO2/c1-9(14)12(10(2)15)8-13-11-6-4-3-5-7-11/h3-4,6-8,13H,1-2H3. The van der Waals surface area contributed by atoms with Crippen LogP contribution in [0.3, 0.4) is 0 Å². The molecule has 0 saturated carbocycles. The van der Waals surface area contributed by atoms with Crippen LogP contribution in [-0.4, -0.2) is 11.6 Å². The number of benzene rings is 1. The van der Waals surface area contributed by atoms with E-state index < -0.39 is 0 Å². The molecule has 0 aromatic heterocycles. The van der Waals surface area contributed by atoms with Gasteiger partial charge in [-0.1, -0.05) is 12.1 Å². The average Bonchev–Trinajstić information content (AvgIpc) is 2.18. The quantitative estimate of drug-likeness (QED) is 0.461. The van der Waals surface area contributed by atoms with Crippen molar-refractivity contribution < 1.29 is 9.59 Å². The molecule has 0 aliphatic heterocycles. The van der Waals surface area contributed by atoms with Crippen molar-refractivity contribution in [3.8, 4) is 0 Å². The Hall–Kier alpha value is -1.90. The first-order chi connectivity index (χ1) is 7.11. The summed E-state index contributed by atoms with van der Waals surface area (Å²) in [6.07, 6.45) is 1.42. The van der Waals surface area contributed by atoms with Crippen LogP contribution >= 0.6 is 0 Å². The Morgan fingerprint density at radius 1 is 1.33 bits per heavy atom. The number of carbonyl (C=O) groups excluding carboxylic acids is 2. The smallest absolute Gasteiger partial charge is 0.164 e. The highest BCUT2D eigenvalue weighted by Gasteiger charge is 2.08. The second-order valence-electron chi connectivity index (χ2n) is 3.11. The van der Waals surface area contributed by atoms with Gasteiger partial charge in [0.15, 0.2) is 11.6 Å². The zero-order chi connectivity index (χ0) is 11.3. The topological polar surface area (TPSA) is 46.2 Å². The van der Waals surface area contributed by atoms with Crippen molar-refractivity contribution in [2.45, 2.75) is 13.8 Å². The molecule has 0 spiro atoms. The lowest BCUT2D eigenvalue weighted by Gasteiger charge is -2.02. The van der Waals surface area contributed by atoms with Crippen LogP contribution in [-0.2, 0) is 9.59 Å². The third kappa shape index (κ3) is 3.38. The largest absolute Gasteiger partial charge is 0.361 e. The van der Waals surface area contributed by atoms with Crippen LogP contribution in [0.15, 0.2) is 36.0 Å². The van der Waals surface area contributed by atoms with Crippen LogP contribution in [0.4, 0.5) is 5.69 Å². The van der Waals surface area contributed by atoms with Crippen molar-refractivity contribution in [3.05, 3.63) is 42.1 Å². The second kappa shape index (κ2) is 5.10. The van der Waals surface area contributed by atoms with Gasteiger partial charge in [-0.25, -0.2) is 0 Å². The van der Waals surface area contributed by atoms with Crippen LogP contribution in [0.2, 0.25) is 0 Å². The predicted octanol–water partition coefficient (Wildman–Crippen LogP) is 1.96. The fourth-order valence-electron chi connectivity index (χ4n) is 1.09. The Morgan fingerprint density at radius 3 is 2.47 bits per heavy atom. The van der Waals surface area contributed by atoms with E-state index in [2.05, 4.69) is 11.4 Å². The Labute approximate surface area is 88.8 Å². The van der Waals surface area contributed by atoms with Crippen molar-refractivity contribution in [3.63, 3.8) is 0 Å². The molecule has 0 unspecified atom stereocenters. The second-order valence-corrected chi connectivity index (χ2v) is 3.11. The van der Waals surface area contributed by atoms with Crippen LogP contribution in [0.1, 0.15) is 13.8 Å². The number of anilines is 1. The summed E-state index contributed by atoms with van der Waals surface area (Å²) in [5.74, 6) is -0.482. The molecule has 1 rings (SSSR count).